The Balaban J connectivity index is 2.84. The van der Waals surface area contributed by atoms with Gasteiger partial charge in [-0.15, -0.1) is 0 Å². The van der Waals surface area contributed by atoms with E-state index in [4.69, 9.17) is 9.84 Å². The number of benzene rings is 1. The van der Waals surface area contributed by atoms with Crippen molar-refractivity contribution >= 4 is 5.97 Å². The molecule has 0 spiro atoms. The molecule has 0 aliphatic heterocycles. The first-order valence-corrected chi connectivity index (χ1v) is 5.90. The Kier molecular flexibility index (Phi) is 5.58. The third-order valence-corrected chi connectivity index (χ3v) is 2.42. The van der Waals surface area contributed by atoms with E-state index in [2.05, 4.69) is 5.32 Å². The highest BCUT2D eigenvalue weighted by atomic mass is 19.1. The van der Waals surface area contributed by atoms with Gasteiger partial charge in [-0.3, -0.25) is 0 Å². The molecule has 0 aliphatic rings. The number of carbonyl (C=O) groups is 1. The van der Waals surface area contributed by atoms with Crippen molar-refractivity contribution in [3.05, 3.63) is 29.6 Å². The fourth-order valence-corrected chi connectivity index (χ4v) is 1.65. The molecule has 4 nitrogen and oxygen atoms in total. The van der Waals surface area contributed by atoms with Crippen LogP contribution in [0.5, 0.6) is 5.75 Å². The van der Waals surface area contributed by atoms with Crippen molar-refractivity contribution in [2.24, 2.45) is 0 Å². The van der Waals surface area contributed by atoms with Crippen LogP contribution in [0.4, 0.5) is 4.39 Å². The van der Waals surface area contributed by atoms with Gasteiger partial charge in [0.25, 0.3) is 0 Å². The van der Waals surface area contributed by atoms with Crippen molar-refractivity contribution in [3.63, 3.8) is 0 Å². The molecule has 0 amide bonds. The number of aliphatic carboxylic acids is 1. The van der Waals surface area contributed by atoms with Crippen molar-refractivity contribution in [3.8, 4) is 5.75 Å². The molecule has 1 aromatic carbocycles. The van der Waals surface area contributed by atoms with Crippen LogP contribution >= 0.6 is 0 Å². The SMILES string of the molecule is CCCC(Oc1cc(F)cc(CNC)c1)C(=O)O. The highest BCUT2D eigenvalue weighted by Crippen LogP contribution is 2.19. The van der Waals surface area contributed by atoms with Crippen molar-refractivity contribution in [2.75, 3.05) is 7.05 Å². The molecule has 18 heavy (non-hydrogen) atoms. The van der Waals surface area contributed by atoms with Gasteiger partial charge in [0.2, 0.25) is 0 Å². The van der Waals surface area contributed by atoms with Gasteiger partial charge in [0.15, 0.2) is 6.10 Å². The quantitative estimate of drug-likeness (QED) is 0.784. The van der Waals surface area contributed by atoms with E-state index in [0.717, 1.165) is 0 Å². The zero-order valence-electron chi connectivity index (χ0n) is 10.6. The van der Waals surface area contributed by atoms with Gasteiger partial charge in [0.1, 0.15) is 11.6 Å². The maximum absolute atomic E-state index is 13.3. The lowest BCUT2D eigenvalue weighted by molar-refractivity contribution is -0.145. The molecule has 5 heteroatoms. The topological polar surface area (TPSA) is 58.6 Å². The maximum atomic E-state index is 13.3. The molecule has 0 aliphatic carbocycles. The first-order chi connectivity index (χ1) is 8.56. The number of ether oxygens (including phenoxy) is 1. The molecule has 0 fully saturated rings. The van der Waals surface area contributed by atoms with Crippen molar-refractivity contribution in [1.29, 1.82) is 0 Å². The number of rotatable bonds is 7. The summed E-state index contributed by atoms with van der Waals surface area (Å²) in [5.41, 5.74) is 0.716. The molecular weight excluding hydrogens is 237 g/mol. The number of halogens is 1. The molecule has 0 heterocycles. The minimum absolute atomic E-state index is 0.251. The second kappa shape index (κ2) is 6.96. The lowest BCUT2D eigenvalue weighted by Crippen LogP contribution is -2.26. The van der Waals surface area contributed by atoms with Gasteiger partial charge in [0.05, 0.1) is 0 Å². The highest BCUT2D eigenvalue weighted by Gasteiger charge is 2.18. The summed E-state index contributed by atoms with van der Waals surface area (Å²) in [4.78, 5) is 11.0. The summed E-state index contributed by atoms with van der Waals surface area (Å²) in [6.07, 6.45) is 0.155. The van der Waals surface area contributed by atoms with E-state index < -0.39 is 17.9 Å². The van der Waals surface area contributed by atoms with Gasteiger partial charge >= 0.3 is 5.97 Å². The number of hydrogen-bond acceptors (Lipinski definition) is 3. The van der Waals surface area contributed by atoms with Crippen LogP contribution in [0.25, 0.3) is 0 Å². The molecule has 1 rings (SSSR count). The predicted octanol–water partition coefficient (Wildman–Crippen LogP) is 2.18. The Bertz CT molecular complexity index is 409. The van der Waals surface area contributed by atoms with Crippen LogP contribution in [0.3, 0.4) is 0 Å². The summed E-state index contributed by atoms with van der Waals surface area (Å²) in [5.74, 6) is -1.21. The van der Waals surface area contributed by atoms with Crippen LogP contribution in [0.15, 0.2) is 18.2 Å². The van der Waals surface area contributed by atoms with Crippen LogP contribution in [-0.2, 0) is 11.3 Å². The standard InChI is InChI=1S/C13H18FNO3/c1-3-4-12(13(16)17)18-11-6-9(8-15-2)5-10(14)7-11/h5-7,12,15H,3-4,8H2,1-2H3,(H,16,17). The van der Waals surface area contributed by atoms with Gasteiger partial charge in [-0.1, -0.05) is 13.3 Å². The fourth-order valence-electron chi connectivity index (χ4n) is 1.65. The van der Waals surface area contributed by atoms with Gasteiger partial charge in [-0.05, 0) is 31.2 Å². The number of carboxylic acid groups (broad SMARTS) is 1. The Hall–Kier alpha value is -1.62. The molecule has 0 aromatic heterocycles. The second-order valence-electron chi connectivity index (χ2n) is 4.06. The lowest BCUT2D eigenvalue weighted by atomic mass is 10.2. The summed E-state index contributed by atoms with van der Waals surface area (Å²) in [6.45, 7) is 2.37. The zero-order chi connectivity index (χ0) is 13.5. The van der Waals surface area contributed by atoms with Crippen LogP contribution in [0.2, 0.25) is 0 Å². The van der Waals surface area contributed by atoms with Crippen LogP contribution in [-0.4, -0.2) is 24.2 Å². The summed E-state index contributed by atoms with van der Waals surface area (Å²) in [7, 11) is 1.75. The van der Waals surface area contributed by atoms with E-state index in [1.165, 1.54) is 12.1 Å². The van der Waals surface area contributed by atoms with E-state index >= 15 is 0 Å². The van der Waals surface area contributed by atoms with Crippen LogP contribution in [0.1, 0.15) is 25.3 Å². The van der Waals surface area contributed by atoms with Gasteiger partial charge in [0, 0.05) is 12.6 Å². The molecular formula is C13H18FNO3. The average Bonchev–Trinajstić information content (AvgIpc) is 2.28. The Morgan fingerprint density at radius 2 is 2.22 bits per heavy atom. The van der Waals surface area contributed by atoms with E-state index in [0.29, 0.717) is 24.9 Å². The van der Waals surface area contributed by atoms with Gasteiger partial charge in [-0.2, -0.15) is 0 Å². The molecule has 0 bridgehead atoms. The molecule has 0 radical (unpaired) electrons. The third-order valence-electron chi connectivity index (χ3n) is 2.42. The summed E-state index contributed by atoms with van der Waals surface area (Å²) in [6, 6.07) is 4.23. The average molecular weight is 255 g/mol. The molecule has 1 atom stereocenters. The summed E-state index contributed by atoms with van der Waals surface area (Å²) >= 11 is 0. The molecule has 1 unspecified atom stereocenters. The number of hydrogen-bond donors (Lipinski definition) is 2. The first-order valence-electron chi connectivity index (χ1n) is 5.90. The Labute approximate surface area is 106 Å². The van der Waals surface area contributed by atoms with E-state index in [-0.39, 0.29) is 5.75 Å². The highest BCUT2D eigenvalue weighted by molar-refractivity contribution is 5.72. The van der Waals surface area contributed by atoms with Crippen molar-refractivity contribution in [1.82, 2.24) is 5.32 Å². The van der Waals surface area contributed by atoms with Crippen LogP contribution < -0.4 is 10.1 Å². The Morgan fingerprint density at radius 1 is 1.50 bits per heavy atom. The molecule has 0 saturated heterocycles. The first kappa shape index (κ1) is 14.4. The van der Waals surface area contributed by atoms with Crippen LogP contribution in [0, 0.1) is 5.82 Å². The maximum Gasteiger partial charge on any atom is 0.344 e. The number of carboxylic acids is 1. The minimum Gasteiger partial charge on any atom is -0.479 e. The summed E-state index contributed by atoms with van der Waals surface area (Å²) in [5, 5.41) is 11.9. The molecule has 2 N–H and O–H groups in total. The van der Waals surface area contributed by atoms with E-state index in [9.17, 15) is 9.18 Å². The Morgan fingerprint density at radius 3 is 2.78 bits per heavy atom. The largest absolute Gasteiger partial charge is 0.479 e. The second-order valence-corrected chi connectivity index (χ2v) is 4.06. The van der Waals surface area contributed by atoms with E-state index in [1.54, 1.807) is 13.1 Å². The number of nitrogens with one attached hydrogen (secondary N) is 1. The fraction of sp³-hybridized carbons (Fsp3) is 0.462. The summed E-state index contributed by atoms with van der Waals surface area (Å²) < 4.78 is 18.6. The molecule has 0 saturated carbocycles. The zero-order valence-corrected chi connectivity index (χ0v) is 10.6. The van der Waals surface area contributed by atoms with Crippen molar-refractivity contribution < 1.29 is 19.0 Å². The molecule has 100 valence electrons. The smallest absolute Gasteiger partial charge is 0.344 e. The van der Waals surface area contributed by atoms with Gasteiger partial charge < -0.3 is 15.2 Å². The van der Waals surface area contributed by atoms with Gasteiger partial charge in [-0.25, -0.2) is 9.18 Å². The monoisotopic (exact) mass is 255 g/mol. The van der Waals surface area contributed by atoms with E-state index in [1.807, 2.05) is 6.92 Å². The molecule has 1 aromatic rings. The third kappa shape index (κ3) is 4.33. The van der Waals surface area contributed by atoms with Crippen molar-refractivity contribution in [2.45, 2.75) is 32.4 Å². The predicted molar refractivity (Wildman–Crippen MR) is 66.1 cm³/mol. The minimum atomic E-state index is -1.03. The normalized spacial score (nSPS) is 12.2. The lowest BCUT2D eigenvalue weighted by Gasteiger charge is -2.15.